The molecule has 0 saturated carbocycles. The fraction of sp³-hybridized carbons (Fsp3) is 0.529. The topological polar surface area (TPSA) is 75.6 Å². The van der Waals surface area contributed by atoms with Crippen molar-refractivity contribution in [3.8, 4) is 5.75 Å². The molecule has 2 N–H and O–H groups in total. The van der Waals surface area contributed by atoms with Gasteiger partial charge >= 0.3 is 5.97 Å². The van der Waals surface area contributed by atoms with E-state index in [4.69, 9.17) is 9.84 Å². The van der Waals surface area contributed by atoms with Crippen LogP contribution in [0.4, 0.5) is 0 Å². The number of amides is 1. The summed E-state index contributed by atoms with van der Waals surface area (Å²) in [5, 5.41) is 11.2. The molecule has 1 rings (SSSR count). The predicted molar refractivity (Wildman–Crippen MR) is 85.2 cm³/mol. The van der Waals surface area contributed by atoms with Crippen LogP contribution in [-0.4, -0.2) is 29.1 Å². The first kappa shape index (κ1) is 18.0. The lowest BCUT2D eigenvalue weighted by atomic mass is 9.85. The van der Waals surface area contributed by atoms with Crippen LogP contribution in [0.15, 0.2) is 18.2 Å². The number of hydrogen-bond acceptors (Lipinski definition) is 3. The Bertz CT molecular complexity index is 560. The first-order valence-corrected chi connectivity index (χ1v) is 7.33. The van der Waals surface area contributed by atoms with Crippen LogP contribution in [0.25, 0.3) is 0 Å². The van der Waals surface area contributed by atoms with Crippen molar-refractivity contribution in [2.45, 2.75) is 59.1 Å². The molecule has 1 aromatic carbocycles. The van der Waals surface area contributed by atoms with Crippen LogP contribution in [0.3, 0.4) is 0 Å². The van der Waals surface area contributed by atoms with E-state index in [1.165, 1.54) is 6.92 Å². The molecule has 1 amide bonds. The molecule has 0 fully saturated rings. The zero-order chi connectivity index (χ0) is 17.1. The van der Waals surface area contributed by atoms with Crippen LogP contribution in [-0.2, 0) is 15.0 Å². The quantitative estimate of drug-likeness (QED) is 0.877. The summed E-state index contributed by atoms with van der Waals surface area (Å²) in [7, 11) is 0. The summed E-state index contributed by atoms with van der Waals surface area (Å²) in [5.41, 5.74) is 2.01. The van der Waals surface area contributed by atoms with Gasteiger partial charge in [-0.2, -0.15) is 0 Å². The van der Waals surface area contributed by atoms with Crippen molar-refractivity contribution in [3.05, 3.63) is 29.3 Å². The number of carbonyl (C=O) groups is 2. The highest BCUT2D eigenvalue weighted by Crippen LogP contribution is 2.32. The predicted octanol–water partition coefficient (Wildman–Crippen LogP) is 2.65. The van der Waals surface area contributed by atoms with Crippen molar-refractivity contribution < 1.29 is 19.4 Å². The van der Waals surface area contributed by atoms with E-state index in [1.807, 2.05) is 25.1 Å². The van der Waals surface area contributed by atoms with Crippen LogP contribution < -0.4 is 10.1 Å². The third kappa shape index (κ3) is 4.76. The highest BCUT2D eigenvalue weighted by atomic mass is 16.5. The Morgan fingerprint density at radius 3 is 2.32 bits per heavy atom. The molecule has 1 aromatic rings. The van der Waals surface area contributed by atoms with Gasteiger partial charge < -0.3 is 15.2 Å². The van der Waals surface area contributed by atoms with Crippen LogP contribution in [0.2, 0.25) is 0 Å². The number of aryl methyl sites for hydroxylation is 1. The van der Waals surface area contributed by atoms with Crippen LogP contribution >= 0.6 is 0 Å². The fourth-order valence-corrected chi connectivity index (χ4v) is 1.97. The van der Waals surface area contributed by atoms with Gasteiger partial charge in [-0.3, -0.25) is 9.59 Å². The molecular formula is C17H25NO4. The maximum absolute atomic E-state index is 12.0. The Balaban J connectivity index is 2.91. The average Bonchev–Trinajstić information content (AvgIpc) is 2.39. The lowest BCUT2D eigenvalue weighted by molar-refractivity contribution is -0.142. The zero-order valence-corrected chi connectivity index (χ0v) is 14.1. The molecule has 0 aliphatic carbocycles. The molecule has 0 aliphatic rings. The molecule has 5 nitrogen and oxygen atoms in total. The minimum absolute atomic E-state index is 0.119. The van der Waals surface area contributed by atoms with Crippen molar-refractivity contribution in [1.82, 2.24) is 5.32 Å². The number of aliphatic carboxylic acids is 1. The van der Waals surface area contributed by atoms with Crippen LogP contribution in [0.1, 0.15) is 45.7 Å². The molecule has 0 aliphatic heterocycles. The second-order valence-corrected chi connectivity index (χ2v) is 6.58. The third-order valence-electron chi connectivity index (χ3n) is 3.35. The van der Waals surface area contributed by atoms with Gasteiger partial charge in [0.15, 0.2) is 6.10 Å². The maximum atomic E-state index is 12.0. The van der Waals surface area contributed by atoms with Gasteiger partial charge in [0.2, 0.25) is 0 Å². The number of carbonyl (C=O) groups excluding carboxylic acids is 1. The second-order valence-electron chi connectivity index (χ2n) is 6.58. The molecule has 2 unspecified atom stereocenters. The standard InChI is InChI=1S/C17H25NO4/c1-10-7-8-14(13(9-10)17(4,5)6)22-12(3)15(19)18-11(2)16(20)21/h7-9,11-12H,1-6H3,(H,18,19)(H,20,21). The zero-order valence-electron chi connectivity index (χ0n) is 14.1. The molecule has 22 heavy (non-hydrogen) atoms. The highest BCUT2D eigenvalue weighted by molar-refractivity contribution is 5.86. The van der Waals surface area contributed by atoms with Gasteiger partial charge in [-0.25, -0.2) is 0 Å². The third-order valence-corrected chi connectivity index (χ3v) is 3.35. The van der Waals surface area contributed by atoms with E-state index < -0.39 is 24.0 Å². The summed E-state index contributed by atoms with van der Waals surface area (Å²) >= 11 is 0. The first-order chi connectivity index (χ1) is 10.0. The minimum Gasteiger partial charge on any atom is -0.481 e. The Morgan fingerprint density at radius 2 is 1.82 bits per heavy atom. The lowest BCUT2D eigenvalue weighted by Crippen LogP contribution is -2.44. The van der Waals surface area contributed by atoms with E-state index in [9.17, 15) is 9.59 Å². The second kappa shape index (κ2) is 6.81. The van der Waals surface area contributed by atoms with Gasteiger partial charge in [0.05, 0.1) is 0 Å². The van der Waals surface area contributed by atoms with E-state index in [0.717, 1.165) is 11.1 Å². The highest BCUT2D eigenvalue weighted by Gasteiger charge is 2.24. The van der Waals surface area contributed by atoms with E-state index in [-0.39, 0.29) is 5.41 Å². The van der Waals surface area contributed by atoms with Gasteiger partial charge in [-0.1, -0.05) is 38.5 Å². The number of benzene rings is 1. The van der Waals surface area contributed by atoms with Gasteiger partial charge in [-0.05, 0) is 37.8 Å². The summed E-state index contributed by atoms with van der Waals surface area (Å²) in [6.07, 6.45) is -0.773. The average molecular weight is 307 g/mol. The largest absolute Gasteiger partial charge is 0.481 e. The molecule has 0 spiro atoms. The smallest absolute Gasteiger partial charge is 0.325 e. The van der Waals surface area contributed by atoms with Gasteiger partial charge in [0.25, 0.3) is 5.91 Å². The monoisotopic (exact) mass is 307 g/mol. The Kier molecular flexibility index (Phi) is 5.58. The molecular weight excluding hydrogens is 282 g/mol. The number of nitrogens with one attached hydrogen (secondary N) is 1. The number of ether oxygens (including phenoxy) is 1. The van der Waals surface area contributed by atoms with Crippen molar-refractivity contribution in [3.63, 3.8) is 0 Å². The summed E-state index contributed by atoms with van der Waals surface area (Å²) in [6, 6.07) is 4.87. The molecule has 0 saturated heterocycles. The molecule has 0 bridgehead atoms. The molecule has 2 atom stereocenters. The van der Waals surface area contributed by atoms with E-state index in [1.54, 1.807) is 6.92 Å². The lowest BCUT2D eigenvalue weighted by Gasteiger charge is -2.25. The number of carboxylic acids is 1. The molecule has 5 heteroatoms. The molecule has 122 valence electrons. The van der Waals surface area contributed by atoms with E-state index in [0.29, 0.717) is 5.75 Å². The maximum Gasteiger partial charge on any atom is 0.325 e. The number of rotatable bonds is 5. The minimum atomic E-state index is -1.08. The number of hydrogen-bond donors (Lipinski definition) is 2. The summed E-state index contributed by atoms with van der Waals surface area (Å²) in [4.78, 5) is 22.8. The summed E-state index contributed by atoms with van der Waals surface area (Å²) in [6.45, 7) is 11.3. The van der Waals surface area contributed by atoms with Crippen molar-refractivity contribution in [1.29, 1.82) is 0 Å². The van der Waals surface area contributed by atoms with Gasteiger partial charge in [-0.15, -0.1) is 0 Å². The van der Waals surface area contributed by atoms with E-state index >= 15 is 0 Å². The van der Waals surface area contributed by atoms with Crippen LogP contribution in [0.5, 0.6) is 5.75 Å². The van der Waals surface area contributed by atoms with Crippen molar-refractivity contribution in [2.24, 2.45) is 0 Å². The van der Waals surface area contributed by atoms with Gasteiger partial charge in [0, 0.05) is 0 Å². The fourth-order valence-electron chi connectivity index (χ4n) is 1.97. The molecule has 0 aromatic heterocycles. The first-order valence-electron chi connectivity index (χ1n) is 7.33. The summed E-state index contributed by atoms with van der Waals surface area (Å²) < 4.78 is 5.76. The SMILES string of the molecule is Cc1ccc(OC(C)C(=O)NC(C)C(=O)O)c(C(C)(C)C)c1. The van der Waals surface area contributed by atoms with Crippen molar-refractivity contribution >= 4 is 11.9 Å². The van der Waals surface area contributed by atoms with Gasteiger partial charge in [0.1, 0.15) is 11.8 Å². The summed E-state index contributed by atoms with van der Waals surface area (Å²) in [5.74, 6) is -0.884. The normalized spacial score (nSPS) is 14.1. The van der Waals surface area contributed by atoms with Crippen LogP contribution in [0, 0.1) is 6.92 Å². The Hall–Kier alpha value is -2.04. The van der Waals surface area contributed by atoms with Crippen molar-refractivity contribution in [2.75, 3.05) is 0 Å². The number of carboxylic acid groups (broad SMARTS) is 1. The molecule has 0 radical (unpaired) electrons. The Labute approximate surface area is 131 Å². The van der Waals surface area contributed by atoms with E-state index in [2.05, 4.69) is 26.1 Å². The molecule has 0 heterocycles. The Morgan fingerprint density at radius 1 is 1.23 bits per heavy atom.